The largest absolute Gasteiger partial charge is 0.461 e. The summed E-state index contributed by atoms with van der Waals surface area (Å²) in [6.45, 7) is 1.94. The van der Waals surface area contributed by atoms with Gasteiger partial charge in [0.1, 0.15) is 5.75 Å². The number of benzene rings is 1. The summed E-state index contributed by atoms with van der Waals surface area (Å²) in [5.74, 6) is 6.96. The summed E-state index contributed by atoms with van der Waals surface area (Å²) in [5, 5.41) is 7.08. The lowest BCUT2D eigenvalue weighted by molar-refractivity contribution is 0.0512. The maximum absolute atomic E-state index is 11.7. The molecule has 1 fully saturated rings. The van der Waals surface area contributed by atoms with Gasteiger partial charge < -0.3 is 9.47 Å². The SMILES string of the molecule is CCOC(=O)c1nonc1Oc1ccc(C#CCC2CC2)cc1. The van der Waals surface area contributed by atoms with Gasteiger partial charge in [-0.25, -0.2) is 9.42 Å². The summed E-state index contributed by atoms with van der Waals surface area (Å²) in [5.41, 5.74) is 0.835. The van der Waals surface area contributed by atoms with Crippen molar-refractivity contribution in [2.75, 3.05) is 6.61 Å². The number of hydrogen-bond donors (Lipinski definition) is 0. The van der Waals surface area contributed by atoms with Crippen LogP contribution in [0.1, 0.15) is 42.2 Å². The standard InChI is InChI=1S/C17H16N2O4/c1-2-21-17(20)15-16(19-23-18-15)22-14-10-8-13(9-11-14)5-3-4-12-6-7-12/h8-12H,2,4,6-7H2,1H3. The number of ether oxygens (including phenoxy) is 2. The number of carbonyl (C=O) groups excluding carboxylic acids is 1. The van der Waals surface area contributed by atoms with E-state index in [1.54, 1.807) is 19.1 Å². The van der Waals surface area contributed by atoms with E-state index in [9.17, 15) is 4.79 Å². The Balaban J connectivity index is 1.64. The summed E-state index contributed by atoms with van der Waals surface area (Å²) in [4.78, 5) is 11.7. The summed E-state index contributed by atoms with van der Waals surface area (Å²) in [6.07, 6.45) is 3.57. The average Bonchev–Trinajstić information content (AvgIpc) is 3.26. The van der Waals surface area contributed by atoms with E-state index >= 15 is 0 Å². The van der Waals surface area contributed by atoms with Crippen molar-refractivity contribution < 1.29 is 18.9 Å². The molecule has 0 atom stereocenters. The molecule has 3 rings (SSSR count). The van der Waals surface area contributed by atoms with Crippen LogP contribution in [0.4, 0.5) is 0 Å². The van der Waals surface area contributed by atoms with E-state index in [0.29, 0.717) is 5.75 Å². The fourth-order valence-electron chi connectivity index (χ4n) is 1.91. The highest BCUT2D eigenvalue weighted by Crippen LogP contribution is 2.31. The fourth-order valence-corrected chi connectivity index (χ4v) is 1.91. The van der Waals surface area contributed by atoms with E-state index in [-0.39, 0.29) is 18.2 Å². The first-order valence-electron chi connectivity index (χ1n) is 7.52. The Morgan fingerprint density at radius 2 is 2.09 bits per heavy atom. The third-order valence-electron chi connectivity index (χ3n) is 3.32. The molecule has 1 aromatic carbocycles. The van der Waals surface area contributed by atoms with Crippen LogP contribution < -0.4 is 4.74 Å². The van der Waals surface area contributed by atoms with Crippen molar-refractivity contribution in [1.29, 1.82) is 0 Å². The number of hydrogen-bond acceptors (Lipinski definition) is 6. The predicted octanol–water partition coefficient (Wildman–Crippen LogP) is 3.19. The molecule has 0 bridgehead atoms. The topological polar surface area (TPSA) is 74.5 Å². The Morgan fingerprint density at radius 1 is 1.30 bits per heavy atom. The first-order valence-corrected chi connectivity index (χ1v) is 7.52. The molecule has 0 amide bonds. The Morgan fingerprint density at radius 3 is 2.78 bits per heavy atom. The van der Waals surface area contributed by atoms with Gasteiger partial charge in [0.05, 0.1) is 6.61 Å². The first-order chi connectivity index (χ1) is 11.3. The second-order valence-corrected chi connectivity index (χ2v) is 5.21. The van der Waals surface area contributed by atoms with Crippen LogP contribution in [0.25, 0.3) is 0 Å². The number of aromatic nitrogens is 2. The fraction of sp³-hybridized carbons (Fsp3) is 0.353. The van der Waals surface area contributed by atoms with Gasteiger partial charge in [-0.3, -0.25) is 0 Å². The van der Waals surface area contributed by atoms with E-state index in [1.807, 2.05) is 12.1 Å². The quantitative estimate of drug-likeness (QED) is 0.623. The van der Waals surface area contributed by atoms with Crippen molar-refractivity contribution in [3.63, 3.8) is 0 Å². The van der Waals surface area contributed by atoms with Crippen LogP contribution in [-0.4, -0.2) is 22.9 Å². The Hall–Kier alpha value is -2.81. The number of carbonyl (C=O) groups is 1. The Kier molecular flexibility index (Phi) is 4.57. The van der Waals surface area contributed by atoms with Crippen LogP contribution >= 0.6 is 0 Å². The smallest absolute Gasteiger partial charge is 0.366 e. The van der Waals surface area contributed by atoms with E-state index in [2.05, 4.69) is 26.8 Å². The zero-order valence-electron chi connectivity index (χ0n) is 12.7. The molecule has 1 heterocycles. The monoisotopic (exact) mass is 312 g/mol. The van der Waals surface area contributed by atoms with Crippen LogP contribution in [0.3, 0.4) is 0 Å². The highest BCUT2D eigenvalue weighted by molar-refractivity contribution is 5.89. The van der Waals surface area contributed by atoms with Crippen molar-refractivity contribution in [1.82, 2.24) is 10.3 Å². The van der Waals surface area contributed by atoms with Gasteiger partial charge in [0.15, 0.2) is 0 Å². The molecule has 1 aliphatic rings. The van der Waals surface area contributed by atoms with Crippen LogP contribution in [0, 0.1) is 17.8 Å². The zero-order chi connectivity index (χ0) is 16.1. The molecule has 1 aromatic heterocycles. The van der Waals surface area contributed by atoms with E-state index in [4.69, 9.17) is 9.47 Å². The van der Waals surface area contributed by atoms with Crippen molar-refractivity contribution in [3.8, 4) is 23.5 Å². The molecule has 0 aliphatic heterocycles. The van der Waals surface area contributed by atoms with Crippen molar-refractivity contribution in [2.24, 2.45) is 5.92 Å². The molecule has 6 heteroatoms. The summed E-state index contributed by atoms with van der Waals surface area (Å²) in [7, 11) is 0. The van der Waals surface area contributed by atoms with Crippen LogP contribution in [-0.2, 0) is 4.74 Å². The van der Waals surface area contributed by atoms with Gasteiger partial charge in [-0.1, -0.05) is 11.8 Å². The molecule has 1 aliphatic carbocycles. The van der Waals surface area contributed by atoms with E-state index in [0.717, 1.165) is 17.9 Å². The zero-order valence-corrected chi connectivity index (χ0v) is 12.7. The lowest BCUT2D eigenvalue weighted by Crippen LogP contribution is -2.06. The minimum atomic E-state index is -0.633. The van der Waals surface area contributed by atoms with Gasteiger partial charge in [-0.15, -0.1) is 0 Å². The van der Waals surface area contributed by atoms with Gasteiger partial charge >= 0.3 is 5.97 Å². The third kappa shape index (κ3) is 4.10. The molecular weight excluding hydrogens is 296 g/mol. The number of rotatable bonds is 5. The number of nitrogens with zero attached hydrogens (tertiary/aromatic N) is 2. The third-order valence-corrected chi connectivity index (χ3v) is 3.32. The van der Waals surface area contributed by atoms with Crippen LogP contribution in [0.5, 0.6) is 11.6 Å². The highest BCUT2D eigenvalue weighted by atomic mass is 16.6. The molecule has 0 spiro atoms. The van der Waals surface area contributed by atoms with Crippen LogP contribution in [0.2, 0.25) is 0 Å². The maximum Gasteiger partial charge on any atom is 0.366 e. The molecule has 1 saturated carbocycles. The molecule has 23 heavy (non-hydrogen) atoms. The van der Waals surface area contributed by atoms with Gasteiger partial charge in [0.25, 0.3) is 11.6 Å². The van der Waals surface area contributed by atoms with Crippen molar-refractivity contribution in [2.45, 2.75) is 26.2 Å². The second-order valence-electron chi connectivity index (χ2n) is 5.21. The van der Waals surface area contributed by atoms with E-state index in [1.165, 1.54) is 12.8 Å². The first kappa shape index (κ1) is 15.1. The predicted molar refractivity (Wildman–Crippen MR) is 81.0 cm³/mol. The molecule has 0 N–H and O–H groups in total. The minimum absolute atomic E-state index is 0.0176. The van der Waals surface area contributed by atoms with E-state index < -0.39 is 5.97 Å². The Bertz CT molecular complexity index is 736. The van der Waals surface area contributed by atoms with Gasteiger partial charge in [0.2, 0.25) is 0 Å². The Labute approximate surface area is 133 Å². The van der Waals surface area contributed by atoms with Gasteiger partial charge in [-0.05, 0) is 60.3 Å². The molecule has 0 unspecified atom stereocenters. The second kappa shape index (κ2) is 6.97. The van der Waals surface area contributed by atoms with Crippen molar-refractivity contribution >= 4 is 5.97 Å². The summed E-state index contributed by atoms with van der Waals surface area (Å²) < 4.78 is 14.9. The summed E-state index contributed by atoms with van der Waals surface area (Å²) >= 11 is 0. The molecule has 6 nitrogen and oxygen atoms in total. The number of esters is 1. The van der Waals surface area contributed by atoms with Gasteiger partial charge in [0, 0.05) is 12.0 Å². The minimum Gasteiger partial charge on any atom is -0.461 e. The lowest BCUT2D eigenvalue weighted by Gasteiger charge is -2.03. The molecule has 2 aromatic rings. The average molecular weight is 312 g/mol. The normalized spacial score (nSPS) is 13.1. The molecule has 118 valence electrons. The van der Waals surface area contributed by atoms with Crippen LogP contribution in [0.15, 0.2) is 28.9 Å². The van der Waals surface area contributed by atoms with Crippen molar-refractivity contribution in [3.05, 3.63) is 35.5 Å². The highest BCUT2D eigenvalue weighted by Gasteiger charge is 2.21. The molecule has 0 radical (unpaired) electrons. The molecule has 0 saturated heterocycles. The lowest BCUT2D eigenvalue weighted by atomic mass is 10.2. The maximum atomic E-state index is 11.7. The molecular formula is C17H16N2O4. The van der Waals surface area contributed by atoms with Gasteiger partial charge in [-0.2, -0.15) is 0 Å². The summed E-state index contributed by atoms with van der Waals surface area (Å²) in [6, 6.07) is 7.22.